The van der Waals surface area contributed by atoms with Crippen LogP contribution in [0, 0.1) is 13.8 Å². The lowest BCUT2D eigenvalue weighted by molar-refractivity contribution is 0.414. The van der Waals surface area contributed by atoms with Crippen molar-refractivity contribution in [1.82, 2.24) is 4.31 Å². The molecule has 0 radical (unpaired) electrons. The third-order valence-electron chi connectivity index (χ3n) is 3.66. The molecule has 22 heavy (non-hydrogen) atoms. The smallest absolute Gasteiger partial charge is 0.243 e. The predicted molar refractivity (Wildman–Crippen MR) is 87.6 cm³/mol. The molecule has 0 saturated carbocycles. The van der Waals surface area contributed by atoms with Crippen molar-refractivity contribution < 1.29 is 13.2 Å². The van der Waals surface area contributed by atoms with Gasteiger partial charge in [0.2, 0.25) is 10.0 Å². The summed E-state index contributed by atoms with van der Waals surface area (Å²) in [6, 6.07) is 12.5. The molecular weight excluding hydrogens is 298 g/mol. The van der Waals surface area contributed by atoms with Gasteiger partial charge in [-0.05, 0) is 49.2 Å². The number of methoxy groups -OCH3 is 1. The van der Waals surface area contributed by atoms with Crippen LogP contribution >= 0.6 is 0 Å². The molecule has 2 rings (SSSR count). The average molecular weight is 319 g/mol. The van der Waals surface area contributed by atoms with E-state index >= 15 is 0 Å². The van der Waals surface area contributed by atoms with Crippen LogP contribution in [0.3, 0.4) is 0 Å². The van der Waals surface area contributed by atoms with Crippen LogP contribution in [-0.2, 0) is 16.6 Å². The largest absolute Gasteiger partial charge is 0.497 e. The monoisotopic (exact) mass is 319 g/mol. The van der Waals surface area contributed by atoms with Gasteiger partial charge >= 0.3 is 0 Å². The van der Waals surface area contributed by atoms with Crippen molar-refractivity contribution in [3.8, 4) is 5.75 Å². The first-order valence-corrected chi connectivity index (χ1v) is 8.45. The molecule has 2 aromatic rings. The zero-order valence-electron chi connectivity index (χ0n) is 13.3. The Morgan fingerprint density at radius 2 is 1.68 bits per heavy atom. The number of hydrogen-bond acceptors (Lipinski definition) is 3. The second kappa shape index (κ2) is 6.50. The molecule has 118 valence electrons. The summed E-state index contributed by atoms with van der Waals surface area (Å²) < 4.78 is 31.6. The highest BCUT2D eigenvalue weighted by atomic mass is 32.2. The minimum Gasteiger partial charge on any atom is -0.497 e. The normalized spacial score (nSPS) is 11.7. The molecule has 0 aliphatic rings. The molecule has 0 atom stereocenters. The van der Waals surface area contributed by atoms with Crippen LogP contribution in [0.4, 0.5) is 0 Å². The first-order valence-electron chi connectivity index (χ1n) is 7.01. The number of benzene rings is 2. The molecule has 0 N–H and O–H groups in total. The fourth-order valence-electron chi connectivity index (χ4n) is 2.28. The van der Waals surface area contributed by atoms with Gasteiger partial charge in [-0.3, -0.25) is 0 Å². The van der Waals surface area contributed by atoms with E-state index in [-0.39, 0.29) is 4.90 Å². The maximum Gasteiger partial charge on any atom is 0.243 e. The maximum atomic E-state index is 12.6. The summed E-state index contributed by atoms with van der Waals surface area (Å²) in [6.07, 6.45) is 0. The summed E-state index contributed by atoms with van der Waals surface area (Å²) in [5.74, 6) is 0.635. The average Bonchev–Trinajstić information content (AvgIpc) is 2.50. The molecule has 0 bridgehead atoms. The summed E-state index contributed by atoms with van der Waals surface area (Å²) in [6.45, 7) is 4.37. The Bertz CT molecular complexity index is 752. The molecule has 5 heteroatoms. The molecule has 0 spiro atoms. The molecule has 4 nitrogen and oxygen atoms in total. The first-order chi connectivity index (χ1) is 10.3. The lowest BCUT2D eigenvalue weighted by Crippen LogP contribution is -2.26. The molecule has 0 aromatic heterocycles. The summed E-state index contributed by atoms with van der Waals surface area (Å²) in [5.41, 5.74) is 3.27. The molecule has 0 unspecified atom stereocenters. The second-order valence-corrected chi connectivity index (χ2v) is 7.41. The van der Waals surface area contributed by atoms with Crippen LogP contribution in [0.25, 0.3) is 0 Å². The van der Waals surface area contributed by atoms with Crippen molar-refractivity contribution in [1.29, 1.82) is 0 Å². The van der Waals surface area contributed by atoms with E-state index in [1.807, 2.05) is 26.0 Å². The van der Waals surface area contributed by atoms with Gasteiger partial charge in [0.15, 0.2) is 0 Å². The lowest BCUT2D eigenvalue weighted by atomic mass is 10.1. The van der Waals surface area contributed by atoms with Crippen LogP contribution in [0.5, 0.6) is 5.75 Å². The van der Waals surface area contributed by atoms with Crippen LogP contribution in [-0.4, -0.2) is 26.9 Å². The zero-order valence-corrected chi connectivity index (χ0v) is 14.1. The van der Waals surface area contributed by atoms with E-state index in [0.717, 1.165) is 11.1 Å². The van der Waals surface area contributed by atoms with Gasteiger partial charge in [-0.25, -0.2) is 8.42 Å². The van der Waals surface area contributed by atoms with E-state index in [1.54, 1.807) is 38.4 Å². The molecule has 0 aliphatic carbocycles. The Morgan fingerprint density at radius 3 is 2.23 bits per heavy atom. The van der Waals surface area contributed by atoms with Crippen molar-refractivity contribution >= 4 is 10.0 Å². The number of nitrogens with zero attached hydrogens (tertiary/aromatic N) is 1. The fraction of sp³-hybridized carbons (Fsp3) is 0.294. The quantitative estimate of drug-likeness (QED) is 0.850. The van der Waals surface area contributed by atoms with Crippen molar-refractivity contribution in [3.63, 3.8) is 0 Å². The van der Waals surface area contributed by atoms with Gasteiger partial charge < -0.3 is 4.74 Å². The van der Waals surface area contributed by atoms with Crippen molar-refractivity contribution in [2.75, 3.05) is 14.2 Å². The Hall–Kier alpha value is -1.85. The van der Waals surface area contributed by atoms with Crippen LogP contribution in [0.2, 0.25) is 0 Å². The Kier molecular flexibility index (Phi) is 4.88. The van der Waals surface area contributed by atoms with Crippen molar-refractivity contribution in [2.24, 2.45) is 0 Å². The number of rotatable bonds is 5. The highest BCUT2D eigenvalue weighted by Crippen LogP contribution is 2.21. The summed E-state index contributed by atoms with van der Waals surface area (Å²) in [5, 5.41) is 0. The van der Waals surface area contributed by atoms with Gasteiger partial charge in [0.1, 0.15) is 5.75 Å². The Balaban J connectivity index is 2.24. The van der Waals surface area contributed by atoms with E-state index in [2.05, 4.69) is 6.07 Å². The minimum atomic E-state index is -3.51. The standard InChI is InChI=1S/C17H21NO3S/c1-13-5-6-15(14(2)11-13)12-18(3)22(19,20)17-9-7-16(21-4)8-10-17/h5-11H,12H2,1-4H3. The highest BCUT2D eigenvalue weighted by Gasteiger charge is 2.21. The van der Waals surface area contributed by atoms with Gasteiger partial charge in [-0.1, -0.05) is 23.8 Å². The Morgan fingerprint density at radius 1 is 1.05 bits per heavy atom. The first kappa shape index (κ1) is 16.5. The second-order valence-electron chi connectivity index (χ2n) is 5.37. The maximum absolute atomic E-state index is 12.6. The van der Waals surface area contributed by atoms with E-state index in [9.17, 15) is 8.42 Å². The SMILES string of the molecule is COc1ccc(S(=O)(=O)N(C)Cc2ccc(C)cc2C)cc1. The van der Waals surface area contributed by atoms with Crippen molar-refractivity contribution in [2.45, 2.75) is 25.3 Å². The molecule has 0 amide bonds. The lowest BCUT2D eigenvalue weighted by Gasteiger charge is -2.19. The van der Waals surface area contributed by atoms with Gasteiger partial charge in [0, 0.05) is 13.6 Å². The van der Waals surface area contributed by atoms with Gasteiger partial charge in [0.05, 0.1) is 12.0 Å². The van der Waals surface area contributed by atoms with Crippen LogP contribution in [0.1, 0.15) is 16.7 Å². The molecule has 0 saturated heterocycles. The fourth-order valence-corrected chi connectivity index (χ4v) is 3.42. The molecule has 2 aromatic carbocycles. The highest BCUT2D eigenvalue weighted by molar-refractivity contribution is 7.89. The summed E-state index contributed by atoms with van der Waals surface area (Å²) in [4.78, 5) is 0.264. The number of sulfonamides is 1. The minimum absolute atomic E-state index is 0.264. The Labute approximate surface area is 132 Å². The molecular formula is C17H21NO3S. The van der Waals surface area contributed by atoms with Gasteiger partial charge in [0.25, 0.3) is 0 Å². The third-order valence-corrected chi connectivity index (χ3v) is 5.48. The van der Waals surface area contributed by atoms with E-state index in [4.69, 9.17) is 4.74 Å². The number of ether oxygens (including phenoxy) is 1. The van der Waals surface area contributed by atoms with Crippen LogP contribution < -0.4 is 4.74 Å². The van der Waals surface area contributed by atoms with Gasteiger partial charge in [-0.15, -0.1) is 0 Å². The zero-order chi connectivity index (χ0) is 16.3. The molecule has 0 heterocycles. The van der Waals surface area contributed by atoms with Crippen molar-refractivity contribution in [3.05, 3.63) is 59.2 Å². The van der Waals surface area contributed by atoms with Crippen LogP contribution in [0.15, 0.2) is 47.4 Å². The van der Waals surface area contributed by atoms with E-state index < -0.39 is 10.0 Å². The van der Waals surface area contributed by atoms with E-state index in [1.165, 1.54) is 9.87 Å². The summed E-state index contributed by atoms with van der Waals surface area (Å²) >= 11 is 0. The predicted octanol–water partition coefficient (Wildman–Crippen LogP) is 3.13. The molecule has 0 fully saturated rings. The molecule has 0 aliphatic heterocycles. The topological polar surface area (TPSA) is 46.6 Å². The number of hydrogen-bond donors (Lipinski definition) is 0. The van der Waals surface area contributed by atoms with Gasteiger partial charge in [-0.2, -0.15) is 4.31 Å². The third kappa shape index (κ3) is 3.48. The number of aryl methyl sites for hydroxylation is 2. The summed E-state index contributed by atoms with van der Waals surface area (Å²) in [7, 11) is -0.364. The van der Waals surface area contributed by atoms with E-state index in [0.29, 0.717) is 12.3 Å².